The number of anilines is 9. The molecule has 2 aliphatic rings. The van der Waals surface area contributed by atoms with Gasteiger partial charge in [-0.2, -0.15) is 0 Å². The lowest BCUT2D eigenvalue weighted by Crippen LogP contribution is -2.61. The zero-order valence-corrected chi connectivity index (χ0v) is 39.6. The van der Waals surface area contributed by atoms with Gasteiger partial charge in [0.25, 0.3) is 6.71 Å². The smallest absolute Gasteiger partial charge is 0.252 e. The number of benzene rings is 8. The SMILES string of the molecule is CCCCc1ccc(N2c3ccc(CCCC)cc3B3c4cc(CCCC)ccc4N(c4ccc(CCCC)cc4)c4cc(N(c5ccccc5)c5cccc6ccccc56)cc2c43)cc1. The Balaban J connectivity index is 1.30. The molecule has 8 aromatic rings. The summed E-state index contributed by atoms with van der Waals surface area (Å²) in [4.78, 5) is 7.70. The second-order valence-corrected chi connectivity index (χ2v) is 18.7. The fourth-order valence-corrected chi connectivity index (χ4v) is 10.6. The molecule has 8 aromatic carbocycles. The molecule has 0 saturated heterocycles. The average Bonchev–Trinajstić information content (AvgIpc) is 3.37. The fourth-order valence-electron chi connectivity index (χ4n) is 10.6. The van der Waals surface area contributed by atoms with Crippen LogP contribution in [-0.4, -0.2) is 6.71 Å². The van der Waals surface area contributed by atoms with Crippen LogP contribution in [-0.2, 0) is 25.7 Å². The van der Waals surface area contributed by atoms with Gasteiger partial charge in [-0.25, -0.2) is 0 Å². The van der Waals surface area contributed by atoms with Crippen LogP contribution in [0, 0.1) is 0 Å². The minimum atomic E-state index is 0.0556. The molecule has 0 amide bonds. The van der Waals surface area contributed by atoms with Crippen molar-refractivity contribution in [2.45, 2.75) is 105 Å². The second-order valence-electron chi connectivity index (χ2n) is 18.7. The molecular formula is C62H64BN3. The first kappa shape index (κ1) is 43.4. The number of unbranched alkanes of at least 4 members (excludes halogenated alkanes) is 4. The molecule has 3 nitrogen and oxygen atoms in total. The molecule has 2 heterocycles. The molecule has 66 heavy (non-hydrogen) atoms. The van der Waals surface area contributed by atoms with Gasteiger partial charge in [0.05, 0.1) is 11.4 Å². The summed E-state index contributed by atoms with van der Waals surface area (Å²) in [5.41, 5.74) is 20.6. The lowest BCUT2D eigenvalue weighted by molar-refractivity contribution is 0.795. The number of fused-ring (bicyclic) bond motifs is 5. The maximum Gasteiger partial charge on any atom is 0.252 e. The highest BCUT2D eigenvalue weighted by atomic mass is 15.2. The van der Waals surface area contributed by atoms with Crippen LogP contribution in [0.25, 0.3) is 10.8 Å². The summed E-state index contributed by atoms with van der Waals surface area (Å²) in [5, 5.41) is 2.45. The van der Waals surface area contributed by atoms with Crippen LogP contribution < -0.4 is 31.1 Å². The first-order valence-electron chi connectivity index (χ1n) is 25.1. The van der Waals surface area contributed by atoms with Crippen molar-refractivity contribution in [3.63, 3.8) is 0 Å². The number of aryl methyl sites for hydroxylation is 4. The van der Waals surface area contributed by atoms with Crippen LogP contribution in [0.1, 0.15) is 101 Å². The van der Waals surface area contributed by atoms with Crippen molar-refractivity contribution >= 4 is 85.1 Å². The second kappa shape index (κ2) is 19.5. The number of nitrogens with zero attached hydrogens (tertiary/aromatic N) is 3. The van der Waals surface area contributed by atoms with Crippen molar-refractivity contribution in [2.75, 3.05) is 14.7 Å². The monoisotopic (exact) mass is 862 g/mol. The van der Waals surface area contributed by atoms with E-state index >= 15 is 0 Å². The van der Waals surface area contributed by atoms with Gasteiger partial charge in [0.15, 0.2) is 0 Å². The molecule has 330 valence electrons. The maximum absolute atomic E-state index is 2.60. The first-order valence-corrected chi connectivity index (χ1v) is 25.1. The molecule has 0 fully saturated rings. The molecule has 0 unspecified atom stereocenters. The Labute approximate surface area is 394 Å². The number of hydrogen-bond donors (Lipinski definition) is 0. The highest BCUT2D eigenvalue weighted by Crippen LogP contribution is 2.49. The van der Waals surface area contributed by atoms with Crippen molar-refractivity contribution in [1.82, 2.24) is 0 Å². The number of para-hydroxylation sites is 1. The van der Waals surface area contributed by atoms with E-state index in [1.807, 2.05) is 0 Å². The van der Waals surface area contributed by atoms with Gasteiger partial charge in [0.2, 0.25) is 0 Å². The van der Waals surface area contributed by atoms with Crippen LogP contribution in [0.5, 0.6) is 0 Å². The lowest BCUT2D eigenvalue weighted by atomic mass is 9.33. The third-order valence-electron chi connectivity index (χ3n) is 14.1. The Morgan fingerprint density at radius 3 is 1.36 bits per heavy atom. The van der Waals surface area contributed by atoms with Crippen LogP contribution in [0.15, 0.2) is 170 Å². The Bertz CT molecular complexity index is 2800. The third-order valence-corrected chi connectivity index (χ3v) is 14.1. The van der Waals surface area contributed by atoms with Gasteiger partial charge in [-0.05, 0) is 162 Å². The summed E-state index contributed by atoms with van der Waals surface area (Å²) in [6.45, 7) is 9.24. The van der Waals surface area contributed by atoms with E-state index in [0.717, 1.165) is 42.7 Å². The molecule has 10 rings (SSSR count). The molecule has 0 spiro atoms. The van der Waals surface area contributed by atoms with E-state index in [-0.39, 0.29) is 6.71 Å². The average molecular weight is 862 g/mol. The van der Waals surface area contributed by atoms with Crippen molar-refractivity contribution in [3.05, 3.63) is 192 Å². The maximum atomic E-state index is 2.60. The van der Waals surface area contributed by atoms with Crippen molar-refractivity contribution in [2.24, 2.45) is 0 Å². The molecule has 0 N–H and O–H groups in total. The largest absolute Gasteiger partial charge is 0.311 e. The standard InChI is InChI=1S/C62H64BN3/c1-5-9-19-45-29-35-51(36-30-45)65-58-39-33-47(21-11-7-3)41-55(58)63-56-42-48(22-12-8-4)34-40-59(56)66(52-37-31-46(32-38-52)20-10-6-2)61-44-53(43-60(65)62(61)63)64(50-25-14-13-15-26-50)57-28-18-24-49-23-16-17-27-54(49)57/h13-18,23-44H,5-12,19-22H2,1-4H3. The minimum absolute atomic E-state index is 0.0556. The fraction of sp³-hybridized carbons (Fsp3) is 0.258. The van der Waals surface area contributed by atoms with E-state index in [2.05, 4.69) is 212 Å². The molecule has 0 bridgehead atoms. The Hall–Kier alpha value is -6.52. The highest BCUT2D eigenvalue weighted by molar-refractivity contribution is 7.00. The van der Waals surface area contributed by atoms with E-state index in [1.165, 1.54) is 135 Å². The van der Waals surface area contributed by atoms with E-state index in [0.29, 0.717) is 0 Å². The highest BCUT2D eigenvalue weighted by Gasteiger charge is 2.44. The zero-order chi connectivity index (χ0) is 45.0. The Morgan fingerprint density at radius 1 is 0.394 bits per heavy atom. The molecule has 0 radical (unpaired) electrons. The van der Waals surface area contributed by atoms with Gasteiger partial charge < -0.3 is 14.7 Å². The summed E-state index contributed by atoms with van der Waals surface area (Å²) in [6, 6.07) is 65.4. The number of rotatable bonds is 17. The van der Waals surface area contributed by atoms with E-state index in [4.69, 9.17) is 0 Å². The van der Waals surface area contributed by atoms with Gasteiger partial charge in [0.1, 0.15) is 0 Å². The Kier molecular flexibility index (Phi) is 12.8. The summed E-state index contributed by atoms with van der Waals surface area (Å²) in [5.74, 6) is 0. The van der Waals surface area contributed by atoms with Crippen molar-refractivity contribution < 1.29 is 0 Å². The summed E-state index contributed by atoms with van der Waals surface area (Å²) in [6.07, 6.45) is 13.9. The minimum Gasteiger partial charge on any atom is -0.311 e. The third kappa shape index (κ3) is 8.32. The van der Waals surface area contributed by atoms with Gasteiger partial charge in [-0.3, -0.25) is 0 Å². The predicted molar refractivity (Wildman–Crippen MR) is 287 cm³/mol. The number of hydrogen-bond acceptors (Lipinski definition) is 3. The zero-order valence-electron chi connectivity index (χ0n) is 39.6. The quantitative estimate of drug-likeness (QED) is 0.0845. The molecular weight excluding hydrogens is 798 g/mol. The molecule has 2 aliphatic heterocycles. The summed E-state index contributed by atoms with van der Waals surface area (Å²) in [7, 11) is 0. The van der Waals surface area contributed by atoms with Crippen LogP contribution >= 0.6 is 0 Å². The summed E-state index contributed by atoms with van der Waals surface area (Å²) < 4.78 is 0. The first-order chi connectivity index (χ1) is 32.6. The van der Waals surface area contributed by atoms with E-state index < -0.39 is 0 Å². The van der Waals surface area contributed by atoms with Crippen molar-refractivity contribution in [3.8, 4) is 0 Å². The van der Waals surface area contributed by atoms with Crippen molar-refractivity contribution in [1.29, 1.82) is 0 Å². The summed E-state index contributed by atoms with van der Waals surface area (Å²) >= 11 is 0. The molecule has 0 saturated carbocycles. The van der Waals surface area contributed by atoms with E-state index in [9.17, 15) is 0 Å². The lowest BCUT2D eigenvalue weighted by Gasteiger charge is -2.45. The van der Waals surface area contributed by atoms with Gasteiger partial charge >= 0.3 is 0 Å². The van der Waals surface area contributed by atoms with Crippen LogP contribution in [0.3, 0.4) is 0 Å². The molecule has 0 aromatic heterocycles. The molecule has 4 heteroatoms. The van der Waals surface area contributed by atoms with E-state index in [1.54, 1.807) is 0 Å². The molecule has 0 atom stereocenters. The van der Waals surface area contributed by atoms with Gasteiger partial charge in [-0.15, -0.1) is 0 Å². The van der Waals surface area contributed by atoms with Crippen LogP contribution in [0.2, 0.25) is 0 Å². The van der Waals surface area contributed by atoms with Gasteiger partial charge in [0, 0.05) is 45.2 Å². The Morgan fingerprint density at radius 2 is 0.848 bits per heavy atom. The molecule has 0 aliphatic carbocycles. The topological polar surface area (TPSA) is 9.72 Å². The predicted octanol–water partition coefficient (Wildman–Crippen LogP) is 15.8. The van der Waals surface area contributed by atoms with Gasteiger partial charge in [-0.1, -0.05) is 157 Å². The van der Waals surface area contributed by atoms with Crippen LogP contribution in [0.4, 0.5) is 51.2 Å². The normalized spacial score (nSPS) is 12.6.